The van der Waals surface area contributed by atoms with Crippen LogP contribution in [0.5, 0.6) is 0 Å². The van der Waals surface area contributed by atoms with Gasteiger partial charge in [0.1, 0.15) is 0 Å². The summed E-state index contributed by atoms with van der Waals surface area (Å²) >= 11 is 0. The third-order valence-electron chi connectivity index (χ3n) is 3.59. The Morgan fingerprint density at radius 2 is 1.88 bits per heavy atom. The number of hydrogen-bond acceptors (Lipinski definition) is 3. The Morgan fingerprint density at radius 3 is 2.53 bits per heavy atom. The van der Waals surface area contributed by atoms with E-state index < -0.39 is 0 Å². The molecule has 1 atom stereocenters. The Hall–Kier alpha value is -1.10. The Balaban J connectivity index is 1.46. The summed E-state index contributed by atoms with van der Waals surface area (Å²) < 4.78 is 0. The maximum absolute atomic E-state index is 12.0. The van der Waals surface area contributed by atoms with Gasteiger partial charge in [0.05, 0.1) is 12.6 Å². The second-order valence-electron chi connectivity index (χ2n) is 5.38. The van der Waals surface area contributed by atoms with Crippen molar-refractivity contribution in [1.82, 2.24) is 15.5 Å². The molecule has 2 N–H and O–H groups in total. The van der Waals surface area contributed by atoms with Gasteiger partial charge in [-0.05, 0) is 32.1 Å². The molecule has 1 saturated heterocycles. The molecule has 2 amide bonds. The molecule has 0 radical (unpaired) electrons. The third kappa shape index (κ3) is 2.77. The number of rotatable bonds is 5. The number of likely N-dealkylation sites (tertiary alicyclic amines) is 1. The van der Waals surface area contributed by atoms with Gasteiger partial charge in [-0.3, -0.25) is 9.59 Å². The lowest BCUT2D eigenvalue weighted by Gasteiger charge is -2.16. The lowest BCUT2D eigenvalue weighted by atomic mass is 10.2. The van der Waals surface area contributed by atoms with Crippen LogP contribution in [0.25, 0.3) is 0 Å². The van der Waals surface area contributed by atoms with Crippen molar-refractivity contribution in [3.63, 3.8) is 0 Å². The first-order valence-corrected chi connectivity index (χ1v) is 6.56. The van der Waals surface area contributed by atoms with Crippen molar-refractivity contribution in [2.75, 3.05) is 13.1 Å². The molecular weight excluding hydrogens is 218 g/mol. The minimum absolute atomic E-state index is 0.00655. The molecular formula is C12H19N3O2. The SMILES string of the molecule is O=C(CN1CCC(NC2CC2)C1=O)NC1CC1. The minimum Gasteiger partial charge on any atom is -0.352 e. The van der Waals surface area contributed by atoms with Gasteiger partial charge in [-0.15, -0.1) is 0 Å². The van der Waals surface area contributed by atoms with Crippen molar-refractivity contribution in [2.45, 2.75) is 50.2 Å². The highest BCUT2D eigenvalue weighted by Gasteiger charge is 2.36. The maximum atomic E-state index is 12.0. The van der Waals surface area contributed by atoms with Gasteiger partial charge in [0, 0.05) is 18.6 Å². The first kappa shape index (κ1) is 11.0. The highest BCUT2D eigenvalue weighted by Crippen LogP contribution is 2.22. The quantitative estimate of drug-likeness (QED) is 0.685. The van der Waals surface area contributed by atoms with Crippen LogP contribution in [0, 0.1) is 0 Å². The molecule has 5 nitrogen and oxygen atoms in total. The van der Waals surface area contributed by atoms with E-state index in [4.69, 9.17) is 0 Å². The number of nitrogens with one attached hydrogen (secondary N) is 2. The minimum atomic E-state index is -0.0452. The molecule has 5 heteroatoms. The van der Waals surface area contributed by atoms with Crippen molar-refractivity contribution < 1.29 is 9.59 Å². The van der Waals surface area contributed by atoms with Crippen LogP contribution in [0.2, 0.25) is 0 Å². The summed E-state index contributed by atoms with van der Waals surface area (Å²) in [4.78, 5) is 25.3. The van der Waals surface area contributed by atoms with E-state index in [2.05, 4.69) is 10.6 Å². The van der Waals surface area contributed by atoms with E-state index >= 15 is 0 Å². The molecule has 3 aliphatic rings. The number of carbonyl (C=O) groups excluding carboxylic acids is 2. The summed E-state index contributed by atoms with van der Waals surface area (Å²) in [6.45, 7) is 0.944. The van der Waals surface area contributed by atoms with Gasteiger partial charge < -0.3 is 15.5 Å². The largest absolute Gasteiger partial charge is 0.352 e. The smallest absolute Gasteiger partial charge is 0.240 e. The Kier molecular flexibility index (Phi) is 2.78. The van der Waals surface area contributed by atoms with Crippen LogP contribution in [0.15, 0.2) is 0 Å². The fourth-order valence-corrected chi connectivity index (χ4v) is 2.26. The molecule has 0 aromatic rings. The highest BCUT2D eigenvalue weighted by atomic mass is 16.2. The van der Waals surface area contributed by atoms with Crippen LogP contribution in [-0.4, -0.2) is 47.9 Å². The summed E-state index contributed by atoms with van der Waals surface area (Å²) in [5, 5.41) is 6.25. The molecule has 0 aromatic carbocycles. The number of carbonyl (C=O) groups is 2. The fraction of sp³-hybridized carbons (Fsp3) is 0.833. The van der Waals surface area contributed by atoms with Crippen molar-refractivity contribution in [3.05, 3.63) is 0 Å². The lowest BCUT2D eigenvalue weighted by molar-refractivity contribution is -0.134. The first-order chi connectivity index (χ1) is 8.22. The van der Waals surface area contributed by atoms with Crippen LogP contribution in [-0.2, 0) is 9.59 Å². The van der Waals surface area contributed by atoms with E-state index in [0.717, 1.165) is 19.3 Å². The van der Waals surface area contributed by atoms with Gasteiger partial charge in [-0.2, -0.15) is 0 Å². The molecule has 1 heterocycles. The van der Waals surface area contributed by atoms with E-state index in [1.807, 2.05) is 0 Å². The fourth-order valence-electron chi connectivity index (χ4n) is 2.26. The standard InChI is InChI=1S/C12H19N3O2/c16-11(14-9-3-4-9)7-15-6-5-10(12(15)17)13-8-1-2-8/h8-10,13H,1-7H2,(H,14,16). The summed E-state index contributed by atoms with van der Waals surface area (Å²) in [5.41, 5.74) is 0. The van der Waals surface area contributed by atoms with E-state index in [1.54, 1.807) is 4.90 Å². The van der Waals surface area contributed by atoms with Gasteiger partial charge >= 0.3 is 0 Å². The molecule has 1 aliphatic heterocycles. The van der Waals surface area contributed by atoms with Crippen LogP contribution in [0.3, 0.4) is 0 Å². The van der Waals surface area contributed by atoms with Crippen molar-refractivity contribution in [3.8, 4) is 0 Å². The van der Waals surface area contributed by atoms with Gasteiger partial charge in [0.2, 0.25) is 11.8 Å². The maximum Gasteiger partial charge on any atom is 0.240 e. The van der Waals surface area contributed by atoms with E-state index in [1.165, 1.54) is 12.8 Å². The number of hydrogen-bond donors (Lipinski definition) is 2. The average Bonchev–Trinajstić information content (AvgIpc) is 3.16. The molecule has 1 unspecified atom stereocenters. The molecule has 17 heavy (non-hydrogen) atoms. The van der Waals surface area contributed by atoms with Gasteiger partial charge in [0.25, 0.3) is 0 Å². The predicted molar refractivity (Wildman–Crippen MR) is 62.3 cm³/mol. The highest BCUT2D eigenvalue weighted by molar-refractivity contribution is 5.89. The zero-order valence-electron chi connectivity index (χ0n) is 9.95. The topological polar surface area (TPSA) is 61.4 Å². The summed E-state index contributed by atoms with van der Waals surface area (Å²) in [7, 11) is 0. The molecule has 94 valence electrons. The van der Waals surface area contributed by atoms with E-state index in [9.17, 15) is 9.59 Å². The second kappa shape index (κ2) is 4.29. The van der Waals surface area contributed by atoms with Crippen molar-refractivity contribution in [2.24, 2.45) is 0 Å². The molecule has 0 bridgehead atoms. The predicted octanol–water partition coefficient (Wildman–Crippen LogP) is -0.382. The van der Waals surface area contributed by atoms with E-state index in [-0.39, 0.29) is 24.4 Å². The lowest BCUT2D eigenvalue weighted by Crippen LogP contribution is -2.43. The normalized spacial score (nSPS) is 28.6. The molecule has 2 saturated carbocycles. The van der Waals surface area contributed by atoms with Crippen LogP contribution in [0.4, 0.5) is 0 Å². The van der Waals surface area contributed by atoms with Gasteiger partial charge in [0.15, 0.2) is 0 Å². The van der Waals surface area contributed by atoms with Crippen LogP contribution >= 0.6 is 0 Å². The Bertz CT molecular complexity index is 337. The summed E-state index contributed by atoms with van der Waals surface area (Å²) in [5.74, 6) is 0.0933. The molecule has 3 rings (SSSR count). The van der Waals surface area contributed by atoms with Crippen LogP contribution < -0.4 is 10.6 Å². The van der Waals surface area contributed by atoms with Crippen molar-refractivity contribution >= 4 is 11.8 Å². The molecule has 0 spiro atoms. The molecule has 2 aliphatic carbocycles. The first-order valence-electron chi connectivity index (χ1n) is 6.56. The van der Waals surface area contributed by atoms with Crippen molar-refractivity contribution in [1.29, 1.82) is 0 Å². The zero-order valence-corrected chi connectivity index (χ0v) is 9.95. The average molecular weight is 237 g/mol. The van der Waals surface area contributed by atoms with Gasteiger partial charge in [-0.1, -0.05) is 0 Å². The van der Waals surface area contributed by atoms with Gasteiger partial charge in [-0.25, -0.2) is 0 Å². The summed E-state index contributed by atoms with van der Waals surface area (Å²) in [6.07, 6.45) is 5.39. The second-order valence-corrected chi connectivity index (χ2v) is 5.38. The Labute approximate surface area is 101 Å². The molecule has 0 aromatic heterocycles. The Morgan fingerprint density at radius 1 is 1.18 bits per heavy atom. The summed E-state index contributed by atoms with van der Waals surface area (Å²) in [6, 6.07) is 0.876. The molecule has 3 fully saturated rings. The zero-order chi connectivity index (χ0) is 11.8. The number of amides is 2. The third-order valence-corrected chi connectivity index (χ3v) is 3.59. The monoisotopic (exact) mass is 237 g/mol. The van der Waals surface area contributed by atoms with Crippen LogP contribution in [0.1, 0.15) is 32.1 Å². The number of nitrogens with zero attached hydrogens (tertiary/aromatic N) is 1. The van der Waals surface area contributed by atoms with E-state index in [0.29, 0.717) is 18.6 Å².